The van der Waals surface area contributed by atoms with Crippen molar-refractivity contribution < 1.29 is 19.5 Å². The Morgan fingerprint density at radius 3 is 2.57 bits per heavy atom. The fraction of sp³-hybridized carbons (Fsp3) is 0.684. The minimum absolute atomic E-state index is 0.00240. The first-order valence-electron chi connectivity index (χ1n) is 9.53. The second-order valence-corrected chi connectivity index (χ2v) is 8.16. The van der Waals surface area contributed by atoms with Gasteiger partial charge in [-0.15, -0.1) is 11.3 Å². The van der Waals surface area contributed by atoms with Crippen molar-refractivity contribution in [2.75, 3.05) is 20.1 Å². The van der Waals surface area contributed by atoms with Crippen LogP contribution in [0, 0.1) is 0 Å². The maximum absolute atomic E-state index is 12.2. The van der Waals surface area contributed by atoms with Gasteiger partial charge in [-0.1, -0.05) is 13.8 Å². The molecular formula is C19H32N4O4S. The Labute approximate surface area is 170 Å². The average molecular weight is 413 g/mol. The van der Waals surface area contributed by atoms with Crippen molar-refractivity contribution in [1.29, 1.82) is 0 Å². The molecule has 3 N–H and O–H groups in total. The van der Waals surface area contributed by atoms with Gasteiger partial charge in [0.15, 0.2) is 0 Å². The van der Waals surface area contributed by atoms with Crippen LogP contribution in [0.3, 0.4) is 0 Å². The van der Waals surface area contributed by atoms with Crippen molar-refractivity contribution in [3.05, 3.63) is 16.1 Å². The molecule has 1 fully saturated rings. The number of likely N-dealkylation sites (tertiary alicyclic amines) is 1. The lowest BCUT2D eigenvalue weighted by Crippen LogP contribution is -2.42. The van der Waals surface area contributed by atoms with Gasteiger partial charge in [0.1, 0.15) is 0 Å². The molecule has 1 aliphatic heterocycles. The Kier molecular flexibility index (Phi) is 10.7. The number of nitrogens with zero attached hydrogens (tertiary/aromatic N) is 2. The molecule has 2 amide bonds. The highest BCUT2D eigenvalue weighted by Gasteiger charge is 2.31. The van der Waals surface area contributed by atoms with E-state index in [2.05, 4.69) is 39.7 Å². The second-order valence-electron chi connectivity index (χ2n) is 7.22. The third-order valence-corrected chi connectivity index (χ3v) is 5.74. The molecule has 9 heteroatoms. The molecule has 0 spiro atoms. The largest absolute Gasteiger partial charge is 0.483 e. The van der Waals surface area contributed by atoms with E-state index < -0.39 is 0 Å². The molecule has 1 aliphatic rings. The first-order chi connectivity index (χ1) is 13.3. The zero-order valence-electron chi connectivity index (χ0n) is 17.1. The Morgan fingerprint density at radius 1 is 1.36 bits per heavy atom. The van der Waals surface area contributed by atoms with Crippen LogP contribution in [0.15, 0.2) is 5.38 Å². The average Bonchev–Trinajstić information content (AvgIpc) is 3.22. The summed E-state index contributed by atoms with van der Waals surface area (Å²) in [6.07, 6.45) is 3.32. The van der Waals surface area contributed by atoms with E-state index in [0.717, 1.165) is 30.0 Å². The van der Waals surface area contributed by atoms with Crippen molar-refractivity contribution >= 4 is 29.6 Å². The number of carbonyl (C=O) groups is 3. The van der Waals surface area contributed by atoms with Gasteiger partial charge in [0.05, 0.1) is 10.7 Å². The summed E-state index contributed by atoms with van der Waals surface area (Å²) in [5.41, 5.74) is 1.13. The summed E-state index contributed by atoms with van der Waals surface area (Å²) < 4.78 is 0. The maximum Gasteiger partial charge on any atom is 0.290 e. The normalized spacial score (nSPS) is 19.0. The lowest BCUT2D eigenvalue weighted by atomic mass is 10.1. The number of nitrogens with one attached hydrogen (secondary N) is 2. The monoisotopic (exact) mass is 412 g/mol. The zero-order valence-corrected chi connectivity index (χ0v) is 17.9. The molecule has 2 atom stereocenters. The lowest BCUT2D eigenvalue weighted by Gasteiger charge is -2.25. The van der Waals surface area contributed by atoms with E-state index in [0.29, 0.717) is 31.5 Å². The number of aromatic nitrogens is 1. The molecule has 0 saturated carbocycles. The molecule has 0 aliphatic carbocycles. The van der Waals surface area contributed by atoms with Crippen LogP contribution >= 0.6 is 11.3 Å². The second kappa shape index (κ2) is 12.5. The van der Waals surface area contributed by atoms with Crippen LogP contribution in [-0.2, 0) is 20.8 Å². The van der Waals surface area contributed by atoms with Gasteiger partial charge in [-0.3, -0.25) is 19.3 Å². The first-order valence-corrected chi connectivity index (χ1v) is 10.4. The molecule has 1 aromatic heterocycles. The van der Waals surface area contributed by atoms with Crippen LogP contribution in [0.25, 0.3) is 0 Å². The van der Waals surface area contributed by atoms with Crippen molar-refractivity contribution in [2.24, 2.45) is 0 Å². The SMILES string of the molecule is CC(=O)NC[C@H]1CC[C@@H](CC(=O)NCCc2nc(C(C)C)cs2)N1C.O=CO. The number of hydrogen-bond acceptors (Lipinski definition) is 6. The van der Waals surface area contributed by atoms with Crippen molar-refractivity contribution in [3.8, 4) is 0 Å². The Balaban J connectivity index is 0.00000122. The standard InChI is InChI=1S/C18H30N4O2S.CH2O2/c1-12(2)16-11-25-18(21-16)7-8-19-17(24)9-14-5-6-15(22(14)4)10-20-13(3)23;2-1-3/h11-12,14-15H,5-10H2,1-4H3,(H,19,24)(H,20,23);1H,(H,2,3)/t14-,15+;/m0./s1. The molecule has 8 nitrogen and oxygen atoms in total. The summed E-state index contributed by atoms with van der Waals surface area (Å²) in [6, 6.07) is 0.581. The molecule has 1 aromatic rings. The molecule has 2 rings (SSSR count). The summed E-state index contributed by atoms with van der Waals surface area (Å²) in [7, 11) is 2.04. The molecule has 1 saturated heterocycles. The summed E-state index contributed by atoms with van der Waals surface area (Å²) in [6.45, 7) is 6.85. The van der Waals surface area contributed by atoms with Gasteiger partial charge >= 0.3 is 0 Å². The highest BCUT2D eigenvalue weighted by Crippen LogP contribution is 2.24. The Hall–Kier alpha value is -2.00. The van der Waals surface area contributed by atoms with Crippen LogP contribution < -0.4 is 10.6 Å². The highest BCUT2D eigenvalue weighted by molar-refractivity contribution is 7.09. The highest BCUT2D eigenvalue weighted by atomic mass is 32.1. The molecule has 0 aromatic carbocycles. The smallest absolute Gasteiger partial charge is 0.290 e. The molecule has 0 radical (unpaired) electrons. The maximum atomic E-state index is 12.2. The van der Waals surface area contributed by atoms with Crippen molar-refractivity contribution in [3.63, 3.8) is 0 Å². The summed E-state index contributed by atoms with van der Waals surface area (Å²) in [5.74, 6) is 0.540. The molecule has 0 unspecified atom stereocenters. The van der Waals surface area contributed by atoms with E-state index in [9.17, 15) is 9.59 Å². The summed E-state index contributed by atoms with van der Waals surface area (Å²) in [5, 5.41) is 16.0. The lowest BCUT2D eigenvalue weighted by molar-refractivity contribution is -0.123. The predicted molar refractivity (Wildman–Crippen MR) is 109 cm³/mol. The predicted octanol–water partition coefficient (Wildman–Crippen LogP) is 1.62. The fourth-order valence-corrected chi connectivity index (χ4v) is 4.10. The van der Waals surface area contributed by atoms with Gasteiger partial charge in [0.25, 0.3) is 6.47 Å². The number of likely N-dealkylation sites (N-methyl/N-ethyl adjacent to an activating group) is 1. The van der Waals surface area contributed by atoms with E-state index in [1.54, 1.807) is 11.3 Å². The zero-order chi connectivity index (χ0) is 21.1. The van der Waals surface area contributed by atoms with Crippen LogP contribution in [0.4, 0.5) is 0 Å². The third kappa shape index (κ3) is 8.35. The number of hydrogen-bond donors (Lipinski definition) is 3. The quantitative estimate of drug-likeness (QED) is 0.560. The van der Waals surface area contributed by atoms with Gasteiger partial charge in [0, 0.05) is 50.3 Å². The van der Waals surface area contributed by atoms with Crippen molar-refractivity contribution in [1.82, 2.24) is 20.5 Å². The van der Waals surface area contributed by atoms with Crippen LogP contribution in [0.1, 0.15) is 56.7 Å². The molecule has 28 heavy (non-hydrogen) atoms. The number of amides is 2. The van der Waals surface area contributed by atoms with Gasteiger partial charge < -0.3 is 15.7 Å². The van der Waals surface area contributed by atoms with Crippen LogP contribution in [0.2, 0.25) is 0 Å². The first kappa shape index (κ1) is 24.0. The van der Waals surface area contributed by atoms with Gasteiger partial charge in [-0.05, 0) is 25.8 Å². The third-order valence-electron chi connectivity index (χ3n) is 4.81. The van der Waals surface area contributed by atoms with E-state index in [4.69, 9.17) is 9.90 Å². The number of carbonyl (C=O) groups excluding carboxylic acids is 2. The minimum Gasteiger partial charge on any atom is -0.483 e. The Bertz CT molecular complexity index is 635. The van der Waals surface area contributed by atoms with E-state index in [1.165, 1.54) is 6.92 Å². The summed E-state index contributed by atoms with van der Waals surface area (Å²) in [4.78, 5) is 38.4. The van der Waals surface area contributed by atoms with Gasteiger partial charge in [-0.2, -0.15) is 0 Å². The molecule has 158 valence electrons. The fourth-order valence-electron chi connectivity index (χ4n) is 3.14. The Morgan fingerprint density at radius 2 is 2.00 bits per heavy atom. The molecule has 0 bridgehead atoms. The van der Waals surface area contributed by atoms with Gasteiger partial charge in [-0.25, -0.2) is 4.98 Å². The van der Waals surface area contributed by atoms with Gasteiger partial charge in [0.2, 0.25) is 11.8 Å². The minimum atomic E-state index is -0.250. The van der Waals surface area contributed by atoms with E-state index in [1.807, 2.05) is 7.05 Å². The number of thiazole rings is 1. The van der Waals surface area contributed by atoms with Crippen molar-refractivity contribution in [2.45, 2.75) is 64.5 Å². The summed E-state index contributed by atoms with van der Waals surface area (Å²) >= 11 is 1.67. The number of carboxylic acid groups (broad SMARTS) is 1. The van der Waals surface area contributed by atoms with E-state index >= 15 is 0 Å². The van der Waals surface area contributed by atoms with Crippen LogP contribution in [0.5, 0.6) is 0 Å². The molecular weight excluding hydrogens is 380 g/mol. The van der Waals surface area contributed by atoms with Crippen LogP contribution in [-0.4, -0.2) is 65.5 Å². The van der Waals surface area contributed by atoms with E-state index in [-0.39, 0.29) is 24.3 Å². The molecule has 2 heterocycles. The number of rotatable bonds is 8. The topological polar surface area (TPSA) is 112 Å².